The van der Waals surface area contributed by atoms with Gasteiger partial charge < -0.3 is 14.6 Å². The molecule has 0 saturated heterocycles. The van der Waals surface area contributed by atoms with Gasteiger partial charge in [-0.25, -0.2) is 4.39 Å². The van der Waals surface area contributed by atoms with E-state index in [4.69, 9.17) is 9.47 Å². The molecule has 2 aromatic rings. The van der Waals surface area contributed by atoms with Gasteiger partial charge >= 0.3 is 0 Å². The number of hydrogen-bond donors (Lipinski definition) is 1. The van der Waals surface area contributed by atoms with Crippen molar-refractivity contribution in [3.05, 3.63) is 53.3 Å². The molecule has 0 aliphatic heterocycles. The molecule has 130 valence electrons. The van der Waals surface area contributed by atoms with Crippen molar-refractivity contribution < 1.29 is 19.0 Å². The van der Waals surface area contributed by atoms with Crippen molar-refractivity contribution >= 4 is 0 Å². The standard InChI is InChI=1S/C20H25FO3/c1-20(2,3)19(24-5)17-10-13(12-22)6-8-15(17)16-11-14(23-4)7-9-18(16)21/h6-11,19,22H,12H2,1-5H3/t19-/m1/s1. The maximum absolute atomic E-state index is 14.5. The van der Waals surface area contributed by atoms with Gasteiger partial charge in [0.1, 0.15) is 11.6 Å². The minimum absolute atomic E-state index is 0.0750. The summed E-state index contributed by atoms with van der Waals surface area (Å²) in [7, 11) is 3.20. The number of ether oxygens (including phenoxy) is 2. The van der Waals surface area contributed by atoms with Gasteiger partial charge in [0, 0.05) is 12.7 Å². The molecule has 4 heteroatoms. The predicted molar refractivity (Wildman–Crippen MR) is 93.5 cm³/mol. The van der Waals surface area contributed by atoms with Crippen LogP contribution in [0.25, 0.3) is 11.1 Å². The summed E-state index contributed by atoms with van der Waals surface area (Å²) in [6.07, 6.45) is -0.246. The summed E-state index contributed by atoms with van der Waals surface area (Å²) >= 11 is 0. The molecule has 0 aromatic heterocycles. The number of aliphatic hydroxyl groups excluding tert-OH is 1. The highest BCUT2D eigenvalue weighted by Crippen LogP contribution is 2.41. The van der Waals surface area contributed by atoms with Gasteiger partial charge in [0.15, 0.2) is 0 Å². The quantitative estimate of drug-likeness (QED) is 0.860. The first-order valence-electron chi connectivity index (χ1n) is 7.92. The lowest BCUT2D eigenvalue weighted by Crippen LogP contribution is -2.21. The number of aliphatic hydroxyl groups is 1. The lowest BCUT2D eigenvalue weighted by molar-refractivity contribution is 0.0155. The fraction of sp³-hybridized carbons (Fsp3) is 0.400. The first kappa shape index (κ1) is 18.4. The molecule has 24 heavy (non-hydrogen) atoms. The smallest absolute Gasteiger partial charge is 0.131 e. The second-order valence-electron chi connectivity index (χ2n) is 6.91. The summed E-state index contributed by atoms with van der Waals surface area (Å²) in [5, 5.41) is 9.48. The molecule has 0 aliphatic carbocycles. The Kier molecular flexibility index (Phi) is 5.62. The Hall–Kier alpha value is -1.91. The molecule has 0 heterocycles. The summed E-state index contributed by atoms with van der Waals surface area (Å²) in [4.78, 5) is 0. The van der Waals surface area contributed by atoms with Crippen LogP contribution in [0.4, 0.5) is 4.39 Å². The first-order valence-corrected chi connectivity index (χ1v) is 7.92. The van der Waals surface area contributed by atoms with E-state index in [9.17, 15) is 9.50 Å². The zero-order chi connectivity index (χ0) is 17.9. The van der Waals surface area contributed by atoms with Crippen LogP contribution in [0.2, 0.25) is 0 Å². The third-order valence-electron chi connectivity index (χ3n) is 4.07. The van der Waals surface area contributed by atoms with Crippen molar-refractivity contribution in [3.63, 3.8) is 0 Å². The normalized spacial score (nSPS) is 13.0. The van der Waals surface area contributed by atoms with Gasteiger partial charge in [-0.15, -0.1) is 0 Å². The van der Waals surface area contributed by atoms with Gasteiger partial charge in [0.25, 0.3) is 0 Å². The zero-order valence-corrected chi connectivity index (χ0v) is 14.9. The van der Waals surface area contributed by atoms with Crippen LogP contribution in [-0.4, -0.2) is 19.3 Å². The summed E-state index contributed by atoms with van der Waals surface area (Å²) in [5.41, 5.74) is 2.63. The molecule has 0 amide bonds. The molecule has 1 N–H and O–H groups in total. The lowest BCUT2D eigenvalue weighted by Gasteiger charge is -2.31. The molecular weight excluding hydrogens is 307 g/mol. The molecule has 0 spiro atoms. The molecule has 0 unspecified atom stereocenters. The molecule has 0 aliphatic rings. The van der Waals surface area contributed by atoms with Crippen LogP contribution in [0, 0.1) is 11.2 Å². The topological polar surface area (TPSA) is 38.7 Å². The maximum atomic E-state index is 14.5. The number of methoxy groups -OCH3 is 2. The average molecular weight is 332 g/mol. The fourth-order valence-electron chi connectivity index (χ4n) is 2.96. The van der Waals surface area contributed by atoms with E-state index in [1.54, 1.807) is 32.4 Å². The number of hydrogen-bond acceptors (Lipinski definition) is 3. The van der Waals surface area contributed by atoms with Crippen LogP contribution in [0.15, 0.2) is 36.4 Å². The Balaban J connectivity index is 2.70. The van der Waals surface area contributed by atoms with E-state index >= 15 is 0 Å². The van der Waals surface area contributed by atoms with Crippen LogP contribution in [0.5, 0.6) is 5.75 Å². The van der Waals surface area contributed by atoms with Crippen LogP contribution in [0.1, 0.15) is 38.0 Å². The second-order valence-corrected chi connectivity index (χ2v) is 6.91. The molecule has 2 aromatic carbocycles. The van der Waals surface area contributed by atoms with E-state index < -0.39 is 0 Å². The van der Waals surface area contributed by atoms with Gasteiger partial charge in [0.05, 0.1) is 19.8 Å². The van der Waals surface area contributed by atoms with E-state index in [2.05, 4.69) is 20.8 Å². The van der Waals surface area contributed by atoms with Gasteiger partial charge in [-0.3, -0.25) is 0 Å². The summed E-state index contributed by atoms with van der Waals surface area (Å²) in [5.74, 6) is 0.269. The van der Waals surface area contributed by atoms with Crippen molar-refractivity contribution in [1.82, 2.24) is 0 Å². The van der Waals surface area contributed by atoms with E-state index in [0.717, 1.165) is 16.7 Å². The largest absolute Gasteiger partial charge is 0.497 e. The Morgan fingerprint density at radius 3 is 2.29 bits per heavy atom. The van der Waals surface area contributed by atoms with Gasteiger partial charge in [-0.1, -0.05) is 39.0 Å². The molecule has 2 rings (SSSR count). The highest BCUT2D eigenvalue weighted by atomic mass is 19.1. The highest BCUT2D eigenvalue weighted by Gasteiger charge is 2.29. The molecule has 0 radical (unpaired) electrons. The SMILES string of the molecule is COc1ccc(F)c(-c2ccc(CO)cc2[C@@H](OC)C(C)(C)C)c1. The van der Waals surface area contributed by atoms with Crippen molar-refractivity contribution in [2.24, 2.45) is 5.41 Å². The molecule has 3 nitrogen and oxygen atoms in total. The van der Waals surface area contributed by atoms with Crippen molar-refractivity contribution in [2.45, 2.75) is 33.5 Å². The van der Waals surface area contributed by atoms with Gasteiger partial charge in [-0.2, -0.15) is 0 Å². The summed E-state index contributed by atoms with van der Waals surface area (Å²) in [6.45, 7) is 6.13. The zero-order valence-electron chi connectivity index (χ0n) is 14.9. The molecule has 1 atom stereocenters. The fourth-order valence-corrected chi connectivity index (χ4v) is 2.96. The van der Waals surface area contributed by atoms with E-state index in [-0.39, 0.29) is 23.9 Å². The maximum Gasteiger partial charge on any atom is 0.131 e. The first-order chi connectivity index (χ1) is 11.3. The molecule has 0 fully saturated rings. The number of halogens is 1. The summed E-state index contributed by atoms with van der Waals surface area (Å²) in [6, 6.07) is 10.2. The van der Waals surface area contributed by atoms with E-state index in [1.165, 1.54) is 6.07 Å². The Bertz CT molecular complexity index is 705. The summed E-state index contributed by atoms with van der Waals surface area (Å²) < 4.78 is 25.4. The molecule has 0 bridgehead atoms. The van der Waals surface area contributed by atoms with Crippen molar-refractivity contribution in [1.29, 1.82) is 0 Å². The Morgan fingerprint density at radius 2 is 1.75 bits per heavy atom. The monoisotopic (exact) mass is 332 g/mol. The van der Waals surface area contributed by atoms with E-state index in [1.807, 2.05) is 12.1 Å². The highest BCUT2D eigenvalue weighted by molar-refractivity contribution is 5.70. The van der Waals surface area contributed by atoms with Crippen LogP contribution < -0.4 is 4.74 Å². The van der Waals surface area contributed by atoms with Gasteiger partial charge in [0.2, 0.25) is 0 Å². The molecular formula is C20H25FO3. The van der Waals surface area contributed by atoms with Crippen molar-refractivity contribution in [3.8, 4) is 16.9 Å². The molecule has 0 saturated carbocycles. The Labute approximate surface area is 143 Å². The third kappa shape index (κ3) is 3.77. The van der Waals surface area contributed by atoms with Crippen LogP contribution >= 0.6 is 0 Å². The van der Waals surface area contributed by atoms with E-state index in [0.29, 0.717) is 11.3 Å². The minimum Gasteiger partial charge on any atom is -0.497 e. The second kappa shape index (κ2) is 7.32. The minimum atomic E-state index is -0.322. The number of benzene rings is 2. The average Bonchev–Trinajstić information content (AvgIpc) is 2.55. The number of rotatable bonds is 5. The van der Waals surface area contributed by atoms with Crippen molar-refractivity contribution in [2.75, 3.05) is 14.2 Å². The Morgan fingerprint density at radius 1 is 1.04 bits per heavy atom. The van der Waals surface area contributed by atoms with Crippen LogP contribution in [0.3, 0.4) is 0 Å². The van der Waals surface area contributed by atoms with Crippen LogP contribution in [-0.2, 0) is 11.3 Å². The lowest BCUT2D eigenvalue weighted by atomic mass is 9.81. The third-order valence-corrected chi connectivity index (χ3v) is 4.07. The predicted octanol–water partition coefficient (Wildman–Crippen LogP) is 4.73. The van der Waals surface area contributed by atoms with Gasteiger partial charge in [-0.05, 0) is 40.3 Å².